The molecule has 1 aromatic carbocycles. The summed E-state index contributed by atoms with van der Waals surface area (Å²) in [6, 6.07) is 5.37. The number of hydrogen-bond acceptors (Lipinski definition) is 2. The van der Waals surface area contributed by atoms with Crippen LogP contribution < -0.4 is 0 Å². The van der Waals surface area contributed by atoms with E-state index in [1.807, 2.05) is 0 Å². The fourth-order valence-electron chi connectivity index (χ4n) is 2.05. The number of nitrogens with zero attached hydrogens (tertiary/aromatic N) is 2. The van der Waals surface area contributed by atoms with Gasteiger partial charge in [0.1, 0.15) is 5.82 Å². The summed E-state index contributed by atoms with van der Waals surface area (Å²) >= 11 is 0. The maximum Gasteiger partial charge on any atom is 0.417 e. The molecule has 0 saturated carbocycles. The summed E-state index contributed by atoms with van der Waals surface area (Å²) in [4.78, 5) is 4.04. The largest absolute Gasteiger partial charge is 0.417 e. The van der Waals surface area contributed by atoms with E-state index in [9.17, 15) is 18.3 Å². The van der Waals surface area contributed by atoms with Crippen molar-refractivity contribution in [2.24, 2.45) is 0 Å². The second-order valence-corrected chi connectivity index (χ2v) is 5.55. The van der Waals surface area contributed by atoms with Crippen molar-refractivity contribution in [2.75, 3.05) is 0 Å². The molecule has 0 spiro atoms. The van der Waals surface area contributed by atoms with Crippen LogP contribution >= 0.6 is 0 Å². The van der Waals surface area contributed by atoms with E-state index in [4.69, 9.17) is 0 Å². The van der Waals surface area contributed by atoms with Crippen molar-refractivity contribution >= 4 is 0 Å². The van der Waals surface area contributed by atoms with Gasteiger partial charge < -0.3 is 9.67 Å². The van der Waals surface area contributed by atoms with Gasteiger partial charge in [-0.15, -0.1) is 0 Å². The number of benzene rings is 1. The smallest absolute Gasteiger partial charge is 0.390 e. The molecule has 0 fully saturated rings. The van der Waals surface area contributed by atoms with E-state index in [0.717, 1.165) is 6.07 Å². The Hall–Kier alpha value is -1.82. The molecule has 0 radical (unpaired) electrons. The molecule has 0 bridgehead atoms. The van der Waals surface area contributed by atoms with Gasteiger partial charge in [0.2, 0.25) is 0 Å². The van der Waals surface area contributed by atoms with Crippen molar-refractivity contribution in [3.05, 3.63) is 42.2 Å². The van der Waals surface area contributed by atoms with Crippen LogP contribution in [0.5, 0.6) is 0 Å². The molecule has 2 aromatic rings. The normalized spacial score (nSPS) is 12.7. The van der Waals surface area contributed by atoms with Gasteiger partial charge in [0.05, 0.1) is 11.2 Å². The Labute approximate surface area is 121 Å². The first kappa shape index (κ1) is 15.6. The molecule has 0 aliphatic carbocycles. The van der Waals surface area contributed by atoms with E-state index >= 15 is 0 Å². The molecule has 6 heteroatoms. The first-order chi connectivity index (χ1) is 9.68. The topological polar surface area (TPSA) is 38.0 Å². The summed E-state index contributed by atoms with van der Waals surface area (Å²) in [5.41, 5.74) is -1.54. The highest BCUT2D eigenvalue weighted by Crippen LogP contribution is 2.36. The molecule has 0 atom stereocenters. The Bertz CT molecular complexity index is 612. The Morgan fingerprint density at radius 1 is 1.19 bits per heavy atom. The minimum Gasteiger partial charge on any atom is -0.390 e. The van der Waals surface area contributed by atoms with Crippen LogP contribution in [0.25, 0.3) is 11.4 Å². The molecule has 1 aromatic heterocycles. The van der Waals surface area contributed by atoms with E-state index < -0.39 is 17.3 Å². The average Bonchev–Trinajstić information content (AvgIpc) is 2.82. The van der Waals surface area contributed by atoms with Crippen molar-refractivity contribution in [3.63, 3.8) is 0 Å². The van der Waals surface area contributed by atoms with E-state index in [-0.39, 0.29) is 11.4 Å². The van der Waals surface area contributed by atoms with Crippen LogP contribution in [0.15, 0.2) is 36.7 Å². The van der Waals surface area contributed by atoms with Crippen LogP contribution in [0.2, 0.25) is 0 Å². The highest BCUT2D eigenvalue weighted by Gasteiger charge is 2.34. The number of hydrogen-bond donors (Lipinski definition) is 1. The minimum absolute atomic E-state index is 0.0470. The van der Waals surface area contributed by atoms with Gasteiger partial charge in [-0.2, -0.15) is 13.2 Å². The van der Waals surface area contributed by atoms with Gasteiger partial charge in [0, 0.05) is 24.5 Å². The van der Waals surface area contributed by atoms with Gasteiger partial charge in [0.25, 0.3) is 0 Å². The molecule has 114 valence electrons. The van der Waals surface area contributed by atoms with Gasteiger partial charge in [0.15, 0.2) is 0 Å². The number of aliphatic hydroxyl groups is 1. The van der Waals surface area contributed by atoms with Crippen LogP contribution in [-0.4, -0.2) is 20.3 Å². The lowest BCUT2D eigenvalue weighted by molar-refractivity contribution is -0.137. The summed E-state index contributed by atoms with van der Waals surface area (Å²) in [6.45, 7) is 3.71. The van der Waals surface area contributed by atoms with Crippen molar-refractivity contribution in [2.45, 2.75) is 38.6 Å². The lowest BCUT2D eigenvalue weighted by Gasteiger charge is -2.19. The molecule has 21 heavy (non-hydrogen) atoms. The van der Waals surface area contributed by atoms with Crippen molar-refractivity contribution in [3.8, 4) is 11.4 Å². The Kier molecular flexibility index (Phi) is 4.09. The number of aromatic nitrogens is 2. The summed E-state index contributed by atoms with van der Waals surface area (Å²) in [5.74, 6) is 0.257. The number of rotatable bonds is 4. The van der Waals surface area contributed by atoms with Gasteiger partial charge in [-0.3, -0.25) is 0 Å². The lowest BCUT2D eigenvalue weighted by Crippen LogP contribution is -2.21. The molecule has 0 unspecified atom stereocenters. The summed E-state index contributed by atoms with van der Waals surface area (Å²) < 4.78 is 40.8. The van der Waals surface area contributed by atoms with Crippen molar-refractivity contribution in [1.29, 1.82) is 0 Å². The SMILES string of the molecule is CC(C)(O)CCn1ccnc1-c1ccccc1C(F)(F)F. The molecule has 1 heterocycles. The van der Waals surface area contributed by atoms with Gasteiger partial charge in [-0.05, 0) is 26.3 Å². The monoisotopic (exact) mass is 298 g/mol. The van der Waals surface area contributed by atoms with E-state index in [2.05, 4.69) is 4.98 Å². The minimum atomic E-state index is -4.43. The lowest BCUT2D eigenvalue weighted by atomic mass is 10.0. The third kappa shape index (κ3) is 3.85. The second-order valence-electron chi connectivity index (χ2n) is 5.55. The zero-order valence-electron chi connectivity index (χ0n) is 11.9. The molecular formula is C15H17F3N2O. The number of aryl methyl sites for hydroxylation is 1. The number of halogens is 3. The van der Waals surface area contributed by atoms with Crippen LogP contribution in [0.3, 0.4) is 0 Å². The maximum absolute atomic E-state index is 13.1. The summed E-state index contributed by atoms with van der Waals surface area (Å²) in [5, 5.41) is 9.75. The predicted octanol–water partition coefficient (Wildman–Crippen LogP) is 3.73. The molecule has 0 saturated heterocycles. The van der Waals surface area contributed by atoms with Crippen LogP contribution in [-0.2, 0) is 12.7 Å². The molecule has 0 amide bonds. The number of imidazole rings is 1. The fraction of sp³-hybridized carbons (Fsp3) is 0.400. The zero-order chi connectivity index (χ0) is 15.7. The Morgan fingerprint density at radius 3 is 2.48 bits per heavy atom. The molecule has 0 aliphatic heterocycles. The average molecular weight is 298 g/mol. The molecular weight excluding hydrogens is 281 g/mol. The van der Waals surface area contributed by atoms with Crippen LogP contribution in [0.4, 0.5) is 13.2 Å². The van der Waals surface area contributed by atoms with Gasteiger partial charge >= 0.3 is 6.18 Å². The highest BCUT2D eigenvalue weighted by atomic mass is 19.4. The van der Waals surface area contributed by atoms with Crippen LogP contribution in [0, 0.1) is 0 Å². The molecule has 3 nitrogen and oxygen atoms in total. The van der Waals surface area contributed by atoms with Gasteiger partial charge in [-0.1, -0.05) is 18.2 Å². The summed E-state index contributed by atoms with van der Waals surface area (Å²) in [6.07, 6.45) is -0.921. The van der Waals surface area contributed by atoms with Gasteiger partial charge in [-0.25, -0.2) is 4.98 Å². The van der Waals surface area contributed by atoms with E-state index in [1.165, 1.54) is 18.3 Å². The maximum atomic E-state index is 13.1. The molecule has 0 aliphatic rings. The van der Waals surface area contributed by atoms with Crippen molar-refractivity contribution < 1.29 is 18.3 Å². The first-order valence-corrected chi connectivity index (χ1v) is 6.58. The number of alkyl halides is 3. The third-order valence-electron chi connectivity index (χ3n) is 3.15. The van der Waals surface area contributed by atoms with E-state index in [1.54, 1.807) is 30.7 Å². The Balaban J connectivity index is 2.38. The first-order valence-electron chi connectivity index (χ1n) is 6.58. The zero-order valence-corrected chi connectivity index (χ0v) is 11.9. The second kappa shape index (κ2) is 5.52. The van der Waals surface area contributed by atoms with E-state index in [0.29, 0.717) is 13.0 Å². The standard InChI is InChI=1S/C15H17F3N2O/c1-14(2,21)7-9-20-10-8-19-13(20)11-5-3-4-6-12(11)15(16,17)18/h3-6,8,10,21H,7,9H2,1-2H3. The fourth-order valence-corrected chi connectivity index (χ4v) is 2.05. The predicted molar refractivity (Wildman–Crippen MR) is 73.6 cm³/mol. The quantitative estimate of drug-likeness (QED) is 0.934. The molecule has 2 rings (SSSR count). The summed E-state index contributed by atoms with van der Waals surface area (Å²) in [7, 11) is 0. The van der Waals surface area contributed by atoms with Crippen LogP contribution in [0.1, 0.15) is 25.8 Å². The highest BCUT2D eigenvalue weighted by molar-refractivity contribution is 5.61. The Morgan fingerprint density at radius 2 is 1.86 bits per heavy atom. The molecule has 1 N–H and O–H groups in total. The third-order valence-corrected chi connectivity index (χ3v) is 3.15. The van der Waals surface area contributed by atoms with Crippen molar-refractivity contribution in [1.82, 2.24) is 9.55 Å².